The predicted molar refractivity (Wildman–Crippen MR) is 89.2 cm³/mol. The third-order valence-electron chi connectivity index (χ3n) is 3.54. The van der Waals surface area contributed by atoms with E-state index in [4.69, 9.17) is 4.52 Å². The van der Waals surface area contributed by atoms with Gasteiger partial charge in [0.1, 0.15) is 28.4 Å². The first kappa shape index (κ1) is 14.7. The van der Waals surface area contributed by atoms with Gasteiger partial charge in [-0.25, -0.2) is 14.4 Å². The van der Waals surface area contributed by atoms with Crippen molar-refractivity contribution in [2.24, 2.45) is 0 Å². The molecule has 0 saturated heterocycles. The van der Waals surface area contributed by atoms with E-state index >= 15 is 0 Å². The Morgan fingerprint density at radius 1 is 1.21 bits per heavy atom. The molecule has 0 aliphatic carbocycles. The molecule has 0 saturated carbocycles. The highest BCUT2D eigenvalue weighted by molar-refractivity contribution is 7.09. The Labute approximate surface area is 140 Å². The van der Waals surface area contributed by atoms with E-state index in [1.807, 2.05) is 12.3 Å². The van der Waals surface area contributed by atoms with Crippen molar-refractivity contribution in [3.8, 4) is 11.3 Å². The maximum atomic E-state index is 13.0. The first-order valence-corrected chi connectivity index (χ1v) is 8.10. The summed E-state index contributed by atoms with van der Waals surface area (Å²) < 4.78 is 18.1. The number of halogens is 1. The van der Waals surface area contributed by atoms with Gasteiger partial charge in [0.05, 0.1) is 17.9 Å². The molecule has 24 heavy (non-hydrogen) atoms. The molecule has 0 aliphatic rings. The molecule has 0 unspecified atom stereocenters. The Morgan fingerprint density at radius 2 is 2.04 bits per heavy atom. The van der Waals surface area contributed by atoms with Crippen molar-refractivity contribution in [2.45, 2.75) is 13.5 Å². The average Bonchev–Trinajstić information content (AvgIpc) is 3.21. The lowest BCUT2D eigenvalue weighted by Crippen LogP contribution is -2.02. The average molecular weight is 341 g/mol. The number of nitrogens with zero attached hydrogens (tertiary/aromatic N) is 4. The Balaban J connectivity index is 1.54. The molecule has 0 amide bonds. The molecule has 0 atom stereocenters. The number of thiazole rings is 1. The standard InChI is InChI=1S/C16H12FN5OS/c1-9-14-15(19-8-20-16(14)23-22-9)18-6-13-21-12(7-24-13)10-2-4-11(17)5-3-10/h2-5,7-8H,6H2,1H3,(H,18,19,20). The van der Waals surface area contributed by atoms with Crippen LogP contribution in [-0.2, 0) is 6.54 Å². The van der Waals surface area contributed by atoms with Crippen LogP contribution in [0.4, 0.5) is 10.2 Å². The van der Waals surface area contributed by atoms with Crippen LogP contribution >= 0.6 is 11.3 Å². The van der Waals surface area contributed by atoms with E-state index in [2.05, 4.69) is 25.4 Å². The topological polar surface area (TPSA) is 76.7 Å². The van der Waals surface area contributed by atoms with E-state index in [1.54, 1.807) is 12.1 Å². The van der Waals surface area contributed by atoms with Crippen LogP contribution in [0.3, 0.4) is 0 Å². The summed E-state index contributed by atoms with van der Waals surface area (Å²) >= 11 is 1.53. The Hall–Kier alpha value is -2.87. The van der Waals surface area contributed by atoms with Crippen LogP contribution < -0.4 is 5.32 Å². The van der Waals surface area contributed by atoms with E-state index in [9.17, 15) is 4.39 Å². The van der Waals surface area contributed by atoms with Crippen molar-refractivity contribution in [1.29, 1.82) is 0 Å². The van der Waals surface area contributed by atoms with E-state index < -0.39 is 0 Å². The summed E-state index contributed by atoms with van der Waals surface area (Å²) in [6.45, 7) is 2.36. The minimum atomic E-state index is -0.257. The number of aromatic nitrogens is 4. The summed E-state index contributed by atoms with van der Waals surface area (Å²) in [7, 11) is 0. The molecule has 0 aliphatic heterocycles. The van der Waals surface area contributed by atoms with Gasteiger partial charge in [0, 0.05) is 10.9 Å². The van der Waals surface area contributed by atoms with Gasteiger partial charge in [-0.2, -0.15) is 4.98 Å². The quantitative estimate of drug-likeness (QED) is 0.608. The number of anilines is 1. The number of benzene rings is 1. The van der Waals surface area contributed by atoms with Crippen molar-refractivity contribution in [1.82, 2.24) is 20.1 Å². The molecule has 3 heterocycles. The number of fused-ring (bicyclic) bond motifs is 1. The summed E-state index contributed by atoms with van der Waals surface area (Å²) in [5.74, 6) is 0.407. The highest BCUT2D eigenvalue weighted by Gasteiger charge is 2.12. The maximum Gasteiger partial charge on any atom is 0.263 e. The van der Waals surface area contributed by atoms with Gasteiger partial charge in [0.15, 0.2) is 0 Å². The van der Waals surface area contributed by atoms with Crippen LogP contribution in [-0.4, -0.2) is 20.1 Å². The number of aryl methyl sites for hydroxylation is 1. The number of hydrogen-bond donors (Lipinski definition) is 1. The third kappa shape index (κ3) is 2.71. The summed E-state index contributed by atoms with van der Waals surface area (Å²) in [4.78, 5) is 12.9. The fourth-order valence-electron chi connectivity index (χ4n) is 2.36. The van der Waals surface area contributed by atoms with Crippen molar-refractivity contribution in [2.75, 3.05) is 5.32 Å². The van der Waals surface area contributed by atoms with Gasteiger partial charge in [-0.05, 0) is 31.2 Å². The van der Waals surface area contributed by atoms with Crippen molar-refractivity contribution in [3.05, 3.63) is 52.5 Å². The molecule has 1 N–H and O–H groups in total. The Bertz CT molecular complexity index is 995. The van der Waals surface area contributed by atoms with Crippen LogP contribution in [0.15, 0.2) is 40.5 Å². The van der Waals surface area contributed by atoms with Gasteiger partial charge < -0.3 is 9.84 Å². The predicted octanol–water partition coefficient (Wildman–Crippen LogP) is 3.80. The van der Waals surface area contributed by atoms with Crippen molar-refractivity contribution in [3.63, 3.8) is 0 Å². The molecule has 4 rings (SSSR count). The smallest absolute Gasteiger partial charge is 0.263 e. The second kappa shape index (κ2) is 5.97. The normalized spacial score (nSPS) is 11.1. The van der Waals surface area contributed by atoms with E-state index in [0.29, 0.717) is 18.1 Å². The van der Waals surface area contributed by atoms with Gasteiger partial charge in [0.2, 0.25) is 0 Å². The fraction of sp³-hybridized carbons (Fsp3) is 0.125. The van der Waals surface area contributed by atoms with Crippen LogP contribution in [0.5, 0.6) is 0 Å². The van der Waals surface area contributed by atoms with Gasteiger partial charge >= 0.3 is 0 Å². The van der Waals surface area contributed by atoms with Gasteiger partial charge in [0.25, 0.3) is 5.71 Å². The molecule has 0 fully saturated rings. The molecule has 0 bridgehead atoms. The SMILES string of the molecule is Cc1noc2ncnc(NCc3nc(-c4ccc(F)cc4)cs3)c12. The molecule has 6 nitrogen and oxygen atoms in total. The summed E-state index contributed by atoms with van der Waals surface area (Å²) in [6, 6.07) is 6.30. The van der Waals surface area contributed by atoms with E-state index in [0.717, 1.165) is 27.3 Å². The minimum absolute atomic E-state index is 0.257. The zero-order valence-corrected chi connectivity index (χ0v) is 13.5. The van der Waals surface area contributed by atoms with Gasteiger partial charge in [-0.15, -0.1) is 11.3 Å². The monoisotopic (exact) mass is 341 g/mol. The Morgan fingerprint density at radius 3 is 2.88 bits per heavy atom. The first-order chi connectivity index (χ1) is 11.7. The molecule has 3 aromatic heterocycles. The highest BCUT2D eigenvalue weighted by Crippen LogP contribution is 2.25. The van der Waals surface area contributed by atoms with Crippen LogP contribution in [0.1, 0.15) is 10.7 Å². The number of hydrogen-bond acceptors (Lipinski definition) is 7. The lowest BCUT2D eigenvalue weighted by molar-refractivity contribution is 0.442. The lowest BCUT2D eigenvalue weighted by atomic mass is 10.2. The van der Waals surface area contributed by atoms with Gasteiger partial charge in [-0.1, -0.05) is 5.16 Å². The highest BCUT2D eigenvalue weighted by atomic mass is 32.1. The lowest BCUT2D eigenvalue weighted by Gasteiger charge is -2.03. The molecule has 0 radical (unpaired) electrons. The fourth-order valence-corrected chi connectivity index (χ4v) is 3.10. The van der Waals surface area contributed by atoms with E-state index in [-0.39, 0.29) is 5.82 Å². The van der Waals surface area contributed by atoms with Crippen LogP contribution in [0, 0.1) is 12.7 Å². The van der Waals surface area contributed by atoms with Crippen LogP contribution in [0.2, 0.25) is 0 Å². The molecule has 4 aromatic rings. The zero-order chi connectivity index (χ0) is 16.5. The van der Waals surface area contributed by atoms with E-state index in [1.165, 1.54) is 29.8 Å². The second-order valence-electron chi connectivity index (χ2n) is 5.16. The summed E-state index contributed by atoms with van der Waals surface area (Å²) in [5.41, 5.74) is 2.90. The first-order valence-electron chi connectivity index (χ1n) is 7.22. The summed E-state index contributed by atoms with van der Waals surface area (Å²) in [5, 5.41) is 10.8. The maximum absolute atomic E-state index is 13.0. The molecule has 8 heteroatoms. The molecular formula is C16H12FN5OS. The van der Waals surface area contributed by atoms with Crippen molar-refractivity contribution < 1.29 is 8.91 Å². The van der Waals surface area contributed by atoms with Crippen molar-refractivity contribution >= 4 is 28.3 Å². The number of nitrogens with one attached hydrogen (secondary N) is 1. The second-order valence-corrected chi connectivity index (χ2v) is 6.10. The zero-order valence-electron chi connectivity index (χ0n) is 12.7. The molecule has 1 aromatic carbocycles. The van der Waals surface area contributed by atoms with Gasteiger partial charge in [-0.3, -0.25) is 0 Å². The Kier molecular flexibility index (Phi) is 3.66. The minimum Gasteiger partial charge on any atom is -0.363 e. The molecule has 0 spiro atoms. The largest absolute Gasteiger partial charge is 0.363 e. The molecule has 120 valence electrons. The summed E-state index contributed by atoms with van der Waals surface area (Å²) in [6.07, 6.45) is 1.43. The third-order valence-corrected chi connectivity index (χ3v) is 4.39. The number of rotatable bonds is 4. The van der Waals surface area contributed by atoms with Crippen LogP contribution in [0.25, 0.3) is 22.4 Å². The molecular weight excluding hydrogens is 329 g/mol.